The van der Waals surface area contributed by atoms with Crippen molar-refractivity contribution in [2.75, 3.05) is 6.54 Å². The normalized spacial score (nSPS) is 10.4. The van der Waals surface area contributed by atoms with Crippen LogP contribution in [0.25, 0.3) is 0 Å². The fourth-order valence-electron chi connectivity index (χ4n) is 1.90. The van der Waals surface area contributed by atoms with Crippen molar-refractivity contribution in [2.24, 2.45) is 0 Å². The highest BCUT2D eigenvalue weighted by Gasteiger charge is 2.08. The van der Waals surface area contributed by atoms with Crippen LogP contribution in [-0.4, -0.2) is 22.6 Å². The van der Waals surface area contributed by atoms with Gasteiger partial charge in [-0.15, -0.1) is 0 Å². The summed E-state index contributed by atoms with van der Waals surface area (Å²) in [5.74, 6) is -0.879. The van der Waals surface area contributed by atoms with Crippen molar-refractivity contribution in [2.45, 2.75) is 13.0 Å². The van der Waals surface area contributed by atoms with Gasteiger partial charge in [-0.05, 0) is 52.7 Å². The molecule has 0 saturated carbocycles. The lowest BCUT2D eigenvalue weighted by molar-refractivity contribution is 0.0695. The summed E-state index contributed by atoms with van der Waals surface area (Å²) < 4.78 is 0.955. The second-order valence-electron chi connectivity index (χ2n) is 4.36. The number of carbonyl (C=O) groups is 1. The van der Waals surface area contributed by atoms with Crippen molar-refractivity contribution in [1.29, 1.82) is 0 Å². The summed E-state index contributed by atoms with van der Waals surface area (Å²) in [6.45, 7) is 1.38. The van der Waals surface area contributed by atoms with Crippen molar-refractivity contribution in [3.8, 4) is 0 Å². The van der Waals surface area contributed by atoms with Gasteiger partial charge in [0.1, 0.15) is 0 Å². The Labute approximate surface area is 126 Å². The predicted octanol–water partition coefficient (Wildman–Crippen LogP) is 2.87. The van der Waals surface area contributed by atoms with Crippen molar-refractivity contribution < 1.29 is 9.90 Å². The zero-order valence-corrected chi connectivity index (χ0v) is 12.4. The monoisotopic (exact) mass is 334 g/mol. The van der Waals surface area contributed by atoms with Gasteiger partial charge < -0.3 is 10.4 Å². The van der Waals surface area contributed by atoms with Gasteiger partial charge >= 0.3 is 5.97 Å². The van der Waals surface area contributed by atoms with E-state index in [1.165, 1.54) is 0 Å². The number of halogens is 1. The van der Waals surface area contributed by atoms with Crippen LogP contribution >= 0.6 is 15.9 Å². The Hall–Kier alpha value is -1.72. The first-order chi connectivity index (χ1) is 9.66. The van der Waals surface area contributed by atoms with Crippen LogP contribution in [0.15, 0.2) is 47.1 Å². The molecule has 2 aromatic rings. The van der Waals surface area contributed by atoms with Gasteiger partial charge in [0.15, 0.2) is 0 Å². The lowest BCUT2D eigenvalue weighted by atomic mass is 10.0. The summed E-state index contributed by atoms with van der Waals surface area (Å²) in [6.07, 6.45) is 2.44. The Morgan fingerprint density at radius 2 is 2.05 bits per heavy atom. The van der Waals surface area contributed by atoms with Gasteiger partial charge in [-0.25, -0.2) is 4.79 Å². The number of carboxylic acid groups (broad SMARTS) is 1. The Bertz CT molecular complexity index is 585. The molecule has 0 saturated heterocycles. The number of hydrogen-bond acceptors (Lipinski definition) is 3. The molecule has 1 aromatic heterocycles. The standard InChI is InChI=1S/C15H15BrN2O2/c16-12-5-6-13(18-9-12)10-17-8-7-11-3-1-2-4-14(11)15(19)20/h1-6,9,17H,7-8,10H2,(H,19,20). The molecule has 0 aliphatic heterocycles. The topological polar surface area (TPSA) is 62.2 Å². The zero-order chi connectivity index (χ0) is 14.4. The number of rotatable bonds is 6. The van der Waals surface area contributed by atoms with Crippen LogP contribution in [0, 0.1) is 0 Å². The molecule has 0 atom stereocenters. The van der Waals surface area contributed by atoms with Crippen molar-refractivity contribution in [3.63, 3.8) is 0 Å². The quantitative estimate of drug-likeness (QED) is 0.797. The lowest BCUT2D eigenvalue weighted by Crippen LogP contribution is -2.18. The Morgan fingerprint density at radius 1 is 1.25 bits per heavy atom. The van der Waals surface area contributed by atoms with Crippen LogP contribution < -0.4 is 5.32 Å². The summed E-state index contributed by atoms with van der Waals surface area (Å²) in [7, 11) is 0. The molecule has 1 aromatic carbocycles. The number of benzene rings is 1. The van der Waals surface area contributed by atoms with Gasteiger partial charge in [0, 0.05) is 17.2 Å². The first-order valence-electron chi connectivity index (χ1n) is 6.29. The molecule has 0 unspecified atom stereocenters. The zero-order valence-electron chi connectivity index (χ0n) is 10.8. The molecule has 0 spiro atoms. The van der Waals surface area contributed by atoms with Crippen LogP contribution in [0.4, 0.5) is 0 Å². The van der Waals surface area contributed by atoms with Crippen molar-refractivity contribution in [3.05, 3.63) is 63.9 Å². The molecule has 2 N–H and O–H groups in total. The average Bonchev–Trinajstić information content (AvgIpc) is 2.46. The van der Waals surface area contributed by atoms with E-state index in [2.05, 4.69) is 26.2 Å². The maximum absolute atomic E-state index is 11.1. The van der Waals surface area contributed by atoms with Crippen LogP contribution in [-0.2, 0) is 13.0 Å². The molecule has 0 fully saturated rings. The molecule has 0 amide bonds. The first-order valence-corrected chi connectivity index (χ1v) is 7.08. The SMILES string of the molecule is O=C(O)c1ccccc1CCNCc1ccc(Br)cn1. The van der Waals surface area contributed by atoms with Crippen LogP contribution in [0.3, 0.4) is 0 Å². The fourth-order valence-corrected chi connectivity index (χ4v) is 2.13. The molecule has 0 radical (unpaired) electrons. The third-order valence-corrected chi connectivity index (χ3v) is 3.38. The summed E-state index contributed by atoms with van der Waals surface area (Å²) in [6, 6.07) is 11.0. The van der Waals surface area contributed by atoms with Gasteiger partial charge in [-0.2, -0.15) is 0 Å². The van der Waals surface area contributed by atoms with E-state index in [-0.39, 0.29) is 0 Å². The average molecular weight is 335 g/mol. The van der Waals surface area contributed by atoms with E-state index in [9.17, 15) is 4.79 Å². The molecule has 5 heteroatoms. The van der Waals surface area contributed by atoms with Gasteiger partial charge in [0.25, 0.3) is 0 Å². The highest BCUT2D eigenvalue weighted by atomic mass is 79.9. The minimum Gasteiger partial charge on any atom is -0.478 e. The number of aromatic carboxylic acids is 1. The maximum Gasteiger partial charge on any atom is 0.335 e. The summed E-state index contributed by atoms with van der Waals surface area (Å²) >= 11 is 3.34. The van der Waals surface area contributed by atoms with Crippen LogP contribution in [0.2, 0.25) is 0 Å². The Morgan fingerprint density at radius 3 is 2.75 bits per heavy atom. The second kappa shape index (κ2) is 7.17. The van der Waals surface area contributed by atoms with E-state index < -0.39 is 5.97 Å². The Kier molecular flexibility index (Phi) is 5.26. The van der Waals surface area contributed by atoms with Gasteiger partial charge in [0.2, 0.25) is 0 Å². The minimum atomic E-state index is -0.879. The van der Waals surface area contributed by atoms with Crippen LogP contribution in [0.5, 0.6) is 0 Å². The van der Waals surface area contributed by atoms with Gasteiger partial charge in [-0.3, -0.25) is 4.98 Å². The van der Waals surface area contributed by atoms with E-state index in [1.807, 2.05) is 24.3 Å². The second-order valence-corrected chi connectivity index (χ2v) is 5.27. The molecular weight excluding hydrogens is 320 g/mol. The highest BCUT2D eigenvalue weighted by Crippen LogP contribution is 2.09. The molecule has 20 heavy (non-hydrogen) atoms. The molecule has 0 aliphatic carbocycles. The van der Waals surface area contributed by atoms with Crippen LogP contribution in [0.1, 0.15) is 21.6 Å². The third kappa shape index (κ3) is 4.15. The molecule has 1 heterocycles. The van der Waals surface area contributed by atoms with E-state index >= 15 is 0 Å². The molecule has 0 bridgehead atoms. The van der Waals surface area contributed by atoms with Crippen molar-refractivity contribution in [1.82, 2.24) is 10.3 Å². The van der Waals surface area contributed by atoms with E-state index in [0.717, 1.165) is 15.7 Å². The van der Waals surface area contributed by atoms with E-state index in [1.54, 1.807) is 18.3 Å². The number of nitrogens with zero attached hydrogens (tertiary/aromatic N) is 1. The smallest absolute Gasteiger partial charge is 0.335 e. The third-order valence-electron chi connectivity index (χ3n) is 2.91. The summed E-state index contributed by atoms with van der Waals surface area (Å²) in [4.78, 5) is 15.3. The van der Waals surface area contributed by atoms with Gasteiger partial charge in [-0.1, -0.05) is 18.2 Å². The molecule has 0 aliphatic rings. The van der Waals surface area contributed by atoms with Gasteiger partial charge in [0.05, 0.1) is 11.3 Å². The first kappa shape index (κ1) is 14.7. The molecular formula is C15H15BrN2O2. The highest BCUT2D eigenvalue weighted by molar-refractivity contribution is 9.10. The minimum absolute atomic E-state index is 0.371. The van der Waals surface area contributed by atoms with E-state index in [0.29, 0.717) is 25.1 Å². The predicted molar refractivity (Wildman–Crippen MR) is 80.7 cm³/mol. The largest absolute Gasteiger partial charge is 0.478 e. The fraction of sp³-hybridized carbons (Fsp3) is 0.200. The van der Waals surface area contributed by atoms with Crippen molar-refractivity contribution >= 4 is 21.9 Å². The number of nitrogens with one attached hydrogen (secondary N) is 1. The number of pyridine rings is 1. The summed E-state index contributed by atoms with van der Waals surface area (Å²) in [5, 5.41) is 12.4. The number of carboxylic acids is 1. The number of hydrogen-bond donors (Lipinski definition) is 2. The number of aromatic nitrogens is 1. The molecule has 104 valence electrons. The molecule has 4 nitrogen and oxygen atoms in total. The Balaban J connectivity index is 1.84. The lowest BCUT2D eigenvalue weighted by Gasteiger charge is -2.07. The molecule has 2 rings (SSSR count). The maximum atomic E-state index is 11.1. The van der Waals surface area contributed by atoms with E-state index in [4.69, 9.17) is 5.11 Å². The summed E-state index contributed by atoms with van der Waals surface area (Å²) in [5.41, 5.74) is 2.17.